The van der Waals surface area contributed by atoms with Gasteiger partial charge in [-0.2, -0.15) is 9.61 Å². The Morgan fingerprint density at radius 2 is 1.88 bits per heavy atom. The Kier molecular flexibility index (Phi) is 4.31. The third-order valence-electron chi connectivity index (χ3n) is 4.40. The van der Waals surface area contributed by atoms with Gasteiger partial charge in [0, 0.05) is 43.3 Å². The molecule has 0 aromatic carbocycles. The summed E-state index contributed by atoms with van der Waals surface area (Å²) in [6.45, 7) is 2.83. The van der Waals surface area contributed by atoms with E-state index >= 15 is 0 Å². The molecule has 0 spiro atoms. The van der Waals surface area contributed by atoms with Crippen LogP contribution in [-0.2, 0) is 13.0 Å². The number of nitrogens with zero attached hydrogens (tertiary/aromatic N) is 6. The number of hydrogen-bond acceptors (Lipinski definition) is 5. The summed E-state index contributed by atoms with van der Waals surface area (Å²) in [5.41, 5.74) is 5.01. The molecule has 0 radical (unpaired) electrons. The van der Waals surface area contributed by atoms with Crippen molar-refractivity contribution in [2.24, 2.45) is 0 Å². The summed E-state index contributed by atoms with van der Waals surface area (Å²) in [6, 6.07) is 12.1. The molecule has 4 aromatic rings. The van der Waals surface area contributed by atoms with Gasteiger partial charge >= 0.3 is 0 Å². The second-order valence-corrected chi connectivity index (χ2v) is 6.20. The zero-order chi connectivity index (χ0) is 17.9. The lowest BCUT2D eigenvalue weighted by atomic mass is 10.2. The van der Waals surface area contributed by atoms with Gasteiger partial charge in [0.25, 0.3) is 0 Å². The molecule has 130 valence electrons. The third-order valence-corrected chi connectivity index (χ3v) is 4.40. The topological polar surface area (TPSA) is 59.2 Å². The van der Waals surface area contributed by atoms with Crippen molar-refractivity contribution < 1.29 is 0 Å². The fourth-order valence-electron chi connectivity index (χ4n) is 2.92. The molecule has 4 heterocycles. The Hall–Kier alpha value is -3.28. The number of anilines is 1. The Morgan fingerprint density at radius 3 is 2.62 bits per heavy atom. The Morgan fingerprint density at radius 1 is 1.04 bits per heavy atom. The smallest absolute Gasteiger partial charge is 0.157 e. The molecule has 6 heteroatoms. The molecule has 0 bridgehead atoms. The molecule has 0 aliphatic heterocycles. The van der Waals surface area contributed by atoms with Crippen LogP contribution in [0.1, 0.15) is 18.2 Å². The van der Waals surface area contributed by atoms with Crippen molar-refractivity contribution in [2.45, 2.75) is 19.9 Å². The minimum atomic E-state index is 0.693. The van der Waals surface area contributed by atoms with E-state index in [2.05, 4.69) is 45.1 Å². The zero-order valence-corrected chi connectivity index (χ0v) is 14.9. The van der Waals surface area contributed by atoms with E-state index in [0.29, 0.717) is 6.54 Å². The molecule has 0 unspecified atom stereocenters. The first-order valence-electron chi connectivity index (χ1n) is 8.64. The standard InChI is InChI=1S/C20H20N6/c1-3-15-4-5-17(22-13-15)14-25(2)20-12-18(16-6-9-21-10-7-16)24-19-8-11-23-26(19)20/h4-13H,3,14H2,1-2H3. The van der Waals surface area contributed by atoms with E-state index in [0.717, 1.165) is 34.8 Å². The number of pyridine rings is 2. The van der Waals surface area contributed by atoms with E-state index < -0.39 is 0 Å². The maximum Gasteiger partial charge on any atom is 0.157 e. The van der Waals surface area contributed by atoms with Crippen LogP contribution in [0.5, 0.6) is 0 Å². The molecule has 0 fully saturated rings. The number of aryl methyl sites for hydroxylation is 1. The van der Waals surface area contributed by atoms with Crippen molar-refractivity contribution in [1.29, 1.82) is 0 Å². The summed E-state index contributed by atoms with van der Waals surface area (Å²) in [5, 5.41) is 4.42. The van der Waals surface area contributed by atoms with Crippen molar-refractivity contribution >= 4 is 11.5 Å². The summed E-state index contributed by atoms with van der Waals surface area (Å²) in [6.07, 6.45) is 8.27. The predicted molar refractivity (Wildman–Crippen MR) is 102 cm³/mol. The predicted octanol–water partition coefficient (Wildman–Crippen LogP) is 3.39. The van der Waals surface area contributed by atoms with Crippen molar-refractivity contribution in [3.63, 3.8) is 0 Å². The SMILES string of the molecule is CCc1ccc(CN(C)c2cc(-c3ccncc3)nc3ccnn23)nc1. The van der Waals surface area contributed by atoms with E-state index in [-0.39, 0.29) is 0 Å². The Balaban J connectivity index is 1.71. The van der Waals surface area contributed by atoms with Crippen LogP contribution in [0.15, 0.2) is 61.2 Å². The first-order chi connectivity index (χ1) is 12.7. The fraction of sp³-hybridized carbons (Fsp3) is 0.200. The molecule has 0 N–H and O–H groups in total. The number of aromatic nitrogens is 5. The summed E-state index contributed by atoms with van der Waals surface area (Å²) < 4.78 is 1.85. The first kappa shape index (κ1) is 16.2. The van der Waals surface area contributed by atoms with Crippen LogP contribution in [0.25, 0.3) is 16.9 Å². The van der Waals surface area contributed by atoms with Gasteiger partial charge in [0.05, 0.1) is 24.1 Å². The maximum atomic E-state index is 4.71. The summed E-state index contributed by atoms with van der Waals surface area (Å²) in [5.74, 6) is 0.966. The van der Waals surface area contributed by atoms with Crippen molar-refractivity contribution in [3.8, 4) is 11.3 Å². The highest BCUT2D eigenvalue weighted by molar-refractivity contribution is 5.66. The van der Waals surface area contributed by atoms with Gasteiger partial charge in [-0.05, 0) is 30.2 Å². The minimum Gasteiger partial charge on any atom is -0.354 e. The number of hydrogen-bond donors (Lipinski definition) is 0. The molecule has 0 aliphatic carbocycles. The molecular formula is C20H20N6. The lowest BCUT2D eigenvalue weighted by Crippen LogP contribution is -2.20. The molecule has 0 saturated carbocycles. The average molecular weight is 344 g/mol. The van der Waals surface area contributed by atoms with Crippen LogP contribution >= 0.6 is 0 Å². The number of fused-ring (bicyclic) bond motifs is 1. The highest BCUT2D eigenvalue weighted by Gasteiger charge is 2.12. The molecule has 0 atom stereocenters. The maximum absolute atomic E-state index is 4.71. The van der Waals surface area contributed by atoms with Crippen LogP contribution in [-0.4, -0.2) is 31.6 Å². The molecule has 0 aliphatic rings. The van der Waals surface area contributed by atoms with E-state index in [1.54, 1.807) is 18.6 Å². The van der Waals surface area contributed by atoms with Gasteiger partial charge in [-0.25, -0.2) is 4.98 Å². The monoisotopic (exact) mass is 344 g/mol. The third kappa shape index (κ3) is 3.13. The van der Waals surface area contributed by atoms with Crippen LogP contribution in [0.2, 0.25) is 0 Å². The highest BCUT2D eigenvalue weighted by atomic mass is 15.3. The van der Waals surface area contributed by atoms with Crippen LogP contribution in [0, 0.1) is 0 Å². The van der Waals surface area contributed by atoms with Gasteiger partial charge < -0.3 is 4.90 Å². The van der Waals surface area contributed by atoms with E-state index in [1.165, 1.54) is 5.56 Å². The van der Waals surface area contributed by atoms with Crippen molar-refractivity contribution in [1.82, 2.24) is 24.6 Å². The summed E-state index contributed by atoms with van der Waals surface area (Å²) in [4.78, 5) is 15.5. The van der Waals surface area contributed by atoms with Gasteiger partial charge in [-0.1, -0.05) is 13.0 Å². The quantitative estimate of drug-likeness (QED) is 0.555. The Labute approximate surface area is 152 Å². The van der Waals surface area contributed by atoms with Crippen LogP contribution < -0.4 is 4.90 Å². The Bertz CT molecular complexity index is 1010. The second kappa shape index (κ2) is 6.92. The van der Waals surface area contributed by atoms with Crippen molar-refractivity contribution in [2.75, 3.05) is 11.9 Å². The van der Waals surface area contributed by atoms with Gasteiger partial charge in [-0.15, -0.1) is 0 Å². The second-order valence-electron chi connectivity index (χ2n) is 6.20. The first-order valence-corrected chi connectivity index (χ1v) is 8.64. The number of rotatable bonds is 5. The molecule has 26 heavy (non-hydrogen) atoms. The van der Waals surface area contributed by atoms with E-state index in [9.17, 15) is 0 Å². The molecule has 6 nitrogen and oxygen atoms in total. The van der Waals surface area contributed by atoms with Crippen LogP contribution in [0.4, 0.5) is 5.82 Å². The van der Waals surface area contributed by atoms with E-state index in [4.69, 9.17) is 4.98 Å². The molecule has 0 amide bonds. The molecule has 4 rings (SSSR count). The average Bonchev–Trinajstić information content (AvgIpc) is 3.17. The van der Waals surface area contributed by atoms with Crippen LogP contribution in [0.3, 0.4) is 0 Å². The fourth-order valence-corrected chi connectivity index (χ4v) is 2.92. The zero-order valence-electron chi connectivity index (χ0n) is 14.9. The van der Waals surface area contributed by atoms with Gasteiger partial charge in [0.1, 0.15) is 5.82 Å². The lowest BCUT2D eigenvalue weighted by Gasteiger charge is -2.20. The van der Waals surface area contributed by atoms with Crippen molar-refractivity contribution in [3.05, 3.63) is 72.4 Å². The van der Waals surface area contributed by atoms with Gasteiger partial charge in [-0.3, -0.25) is 9.97 Å². The largest absolute Gasteiger partial charge is 0.354 e. The van der Waals surface area contributed by atoms with E-state index in [1.807, 2.05) is 36.0 Å². The highest BCUT2D eigenvalue weighted by Crippen LogP contribution is 2.24. The van der Waals surface area contributed by atoms with Gasteiger partial charge in [0.2, 0.25) is 0 Å². The van der Waals surface area contributed by atoms with Gasteiger partial charge in [0.15, 0.2) is 5.65 Å². The lowest BCUT2D eigenvalue weighted by molar-refractivity contribution is 0.815. The summed E-state index contributed by atoms with van der Waals surface area (Å²) >= 11 is 0. The molecular weight excluding hydrogens is 324 g/mol. The summed E-state index contributed by atoms with van der Waals surface area (Å²) in [7, 11) is 2.04. The minimum absolute atomic E-state index is 0.693. The normalized spacial score (nSPS) is 11.0. The molecule has 0 saturated heterocycles. The molecule has 4 aromatic heterocycles.